The summed E-state index contributed by atoms with van der Waals surface area (Å²) in [5, 5.41) is 50.9. The molecule has 6 aromatic heterocycles. The molecule has 124 heavy (non-hydrogen) atoms. The maximum Gasteiger partial charge on any atom is 0.381 e. The Morgan fingerprint density at radius 3 is 1.05 bits per heavy atom. The standard InChI is InChI=1S/C22H14F3N2.C20H9F4N2.C15H10FN2.C15H11N2.2C6H5NO2.2C5H12O2.4Ir/c1-14-6-8-15(9-7-14)20-21(27-19-5-3-2-4-18(19)26-20)16-10-12-17(13-11-16)22(23,24)25;21-13-5-11(6-14(22)9-13)19-20(12-7-15(23)10-16(24)8-12)26-18-4-2-1-3-17(18)25-19;1-10-15(11-6-8-12(16)9-7-11)18-14-5-3-2-4-13(14)17-10;1-11-15(12-7-3-2-4-8-12)17-14-10-6-5-9-13(14)16-11;2*8-6(9)5-3-1-2-4-7-5;2*1-4(6)3-5(2)7;;;;/h2-10,12-13H,1H3;1-7,9-10H;2-6,8-9H,1H3;2-7,9-10H,1H3;2*1-4H,(H,8,9);2*4-7H,3H2,1-2H3;;;;/q4*-1;;;;;;;;. The van der Waals surface area contributed by atoms with E-state index in [0.29, 0.717) is 52.4 Å². The van der Waals surface area contributed by atoms with Crippen molar-refractivity contribution in [2.45, 2.75) is 91.9 Å². The molecule has 4 unspecified atom stereocenters. The Morgan fingerprint density at radius 2 is 0.710 bits per heavy atom. The Bertz CT molecular complexity index is 5870. The van der Waals surface area contributed by atoms with Gasteiger partial charge in [-0.3, -0.25) is 44.3 Å². The minimum Gasteiger partial charge on any atom is -0.477 e. The average molecular weight is 2400 g/mol. The van der Waals surface area contributed by atoms with Gasteiger partial charge in [0.2, 0.25) is 0 Å². The number of aromatic carboxylic acids is 2. The molecule has 10 aromatic carbocycles. The van der Waals surface area contributed by atoms with E-state index in [1.54, 1.807) is 82.3 Å². The van der Waals surface area contributed by atoms with Gasteiger partial charge in [-0.25, -0.2) is 37.1 Å². The summed E-state index contributed by atoms with van der Waals surface area (Å²) in [6, 6.07) is 78.5. The zero-order valence-electron chi connectivity index (χ0n) is 66.9. The largest absolute Gasteiger partial charge is 0.477 e. The molecule has 4 atom stereocenters. The average Bonchev–Trinajstić information content (AvgIpc) is 0.829. The smallest absolute Gasteiger partial charge is 0.381 e. The molecule has 0 aliphatic rings. The summed E-state index contributed by atoms with van der Waals surface area (Å²) in [5.41, 5.74) is 14.3. The Labute approximate surface area is 763 Å². The molecule has 4 radical (unpaired) electrons. The third-order valence-corrected chi connectivity index (χ3v) is 16.7. The van der Waals surface area contributed by atoms with Crippen LogP contribution in [-0.4, -0.2) is 117 Å². The fourth-order valence-electron chi connectivity index (χ4n) is 11.3. The van der Waals surface area contributed by atoms with Crippen molar-refractivity contribution in [1.29, 1.82) is 0 Å². The summed E-state index contributed by atoms with van der Waals surface area (Å²) in [4.78, 5) is 63.9. The Balaban J connectivity index is 0.000000263. The van der Waals surface area contributed by atoms with E-state index in [9.17, 15) is 44.7 Å². The van der Waals surface area contributed by atoms with Gasteiger partial charge in [0.25, 0.3) is 0 Å². The maximum atomic E-state index is 13.7. The van der Waals surface area contributed by atoms with Crippen molar-refractivity contribution in [1.82, 2.24) is 49.8 Å². The fraction of sp³-hybridized carbons (Fsp3) is 0.149. The summed E-state index contributed by atoms with van der Waals surface area (Å²) >= 11 is 0. The van der Waals surface area contributed by atoms with Crippen LogP contribution in [0.3, 0.4) is 0 Å². The van der Waals surface area contributed by atoms with Crippen LogP contribution in [0.4, 0.5) is 35.1 Å². The van der Waals surface area contributed by atoms with Crippen molar-refractivity contribution in [2.75, 3.05) is 0 Å². The quantitative estimate of drug-likeness (QED) is 0.0489. The second-order valence-corrected chi connectivity index (χ2v) is 26.8. The van der Waals surface area contributed by atoms with Gasteiger partial charge < -0.3 is 30.6 Å². The van der Waals surface area contributed by atoms with Crippen molar-refractivity contribution in [3.8, 4) is 67.5 Å². The fourth-order valence-corrected chi connectivity index (χ4v) is 11.3. The summed E-state index contributed by atoms with van der Waals surface area (Å²) in [6.45, 7) is 12.5. The molecule has 0 spiro atoms. The molecule has 0 amide bonds. The van der Waals surface area contributed by atoms with Crippen LogP contribution in [0.25, 0.3) is 112 Å². The molecule has 0 fully saturated rings. The number of para-hydroxylation sites is 8. The molecule has 0 bridgehead atoms. The third kappa shape index (κ3) is 31.8. The Kier molecular flexibility index (Phi) is 42.0. The molecule has 0 saturated heterocycles. The van der Waals surface area contributed by atoms with E-state index in [-0.39, 0.29) is 145 Å². The SMILES string of the molecule is CC(O)CC(C)O.CC(O)CC(C)O.Cc1ccc(-c2nc3ccccc3nc2-c2[c-]cc(C(F)(F)F)cc2)cc1.Cc1nc2ccccc2nc1-c1[c-]cc(F)cc1.Cc1nc2ccccc2nc1-c1[c-]cccc1.Fc1[c-]c(-c2nc3ccccc3nc2-c2cc(F)cc(F)c2)cc(F)c1.O=C(O)c1ccccn1.O=C(O)c1ccccn1.[Ir].[Ir].[Ir].[Ir]. The number of aromatic nitrogens is 10. The summed E-state index contributed by atoms with van der Waals surface area (Å²) in [7, 11) is 0. The van der Waals surface area contributed by atoms with Crippen molar-refractivity contribution >= 4 is 56.1 Å². The number of hydrogen-bond donors (Lipinski definition) is 6. The van der Waals surface area contributed by atoms with E-state index in [2.05, 4.69) is 69.1 Å². The van der Waals surface area contributed by atoms with Crippen LogP contribution in [0, 0.1) is 74.1 Å². The molecule has 6 N–H and O–H groups in total. The molecule has 16 aromatic rings. The molecule has 16 rings (SSSR count). The monoisotopic (exact) mass is 2400 g/mol. The third-order valence-electron chi connectivity index (χ3n) is 16.7. The van der Waals surface area contributed by atoms with Gasteiger partial charge in [-0.05, 0) is 163 Å². The number of halogens is 8. The molecule has 648 valence electrons. The number of carboxylic acid groups (broad SMARTS) is 2. The number of benzene rings is 10. The number of aliphatic hydroxyl groups is 4. The summed E-state index contributed by atoms with van der Waals surface area (Å²) in [6.07, 6.45) is -2.06. The van der Waals surface area contributed by atoms with Gasteiger partial charge in [0.1, 0.15) is 23.0 Å². The van der Waals surface area contributed by atoms with Crippen LogP contribution in [0.5, 0.6) is 0 Å². The van der Waals surface area contributed by atoms with Crippen LogP contribution in [0.15, 0.2) is 261 Å². The van der Waals surface area contributed by atoms with Crippen molar-refractivity contribution < 1.29 is 156 Å². The number of hydrogen-bond acceptors (Lipinski definition) is 16. The maximum absolute atomic E-state index is 13.7. The second kappa shape index (κ2) is 50.4. The number of rotatable bonds is 12. The molecule has 0 aliphatic carbocycles. The Hall–Kier alpha value is -11.3. The Morgan fingerprint density at radius 1 is 0.355 bits per heavy atom. The minimum atomic E-state index is -4.40. The zero-order chi connectivity index (χ0) is 86.6. The zero-order valence-corrected chi connectivity index (χ0v) is 76.5. The van der Waals surface area contributed by atoms with Gasteiger partial charge in [0, 0.05) is 150 Å². The van der Waals surface area contributed by atoms with Gasteiger partial charge in [0.15, 0.2) is 0 Å². The topological polar surface area (TPSA) is 284 Å². The van der Waals surface area contributed by atoms with Crippen molar-refractivity contribution in [3.63, 3.8) is 0 Å². The van der Waals surface area contributed by atoms with E-state index in [4.69, 9.17) is 35.6 Å². The molecule has 6 heterocycles. The number of nitrogens with zero attached hydrogens (tertiary/aromatic N) is 10. The first-order chi connectivity index (χ1) is 57.3. The van der Waals surface area contributed by atoms with Crippen molar-refractivity contribution in [2.24, 2.45) is 0 Å². The van der Waals surface area contributed by atoms with Crippen LogP contribution >= 0.6 is 0 Å². The second-order valence-electron chi connectivity index (χ2n) is 26.8. The molecular weight excluding hydrogens is 2320 g/mol. The first-order valence-corrected chi connectivity index (χ1v) is 37.0. The van der Waals surface area contributed by atoms with E-state index < -0.39 is 46.9 Å². The molecule has 0 aliphatic heterocycles. The van der Waals surface area contributed by atoms with E-state index >= 15 is 0 Å². The predicted octanol–water partition coefficient (Wildman–Crippen LogP) is 20.2. The number of pyridine rings is 2. The van der Waals surface area contributed by atoms with Crippen molar-refractivity contribution in [3.05, 3.63) is 348 Å². The van der Waals surface area contributed by atoms with Crippen LogP contribution in [0.2, 0.25) is 0 Å². The number of aliphatic hydroxyl groups excluding tert-OH is 4. The van der Waals surface area contributed by atoms with Gasteiger partial charge >= 0.3 is 18.1 Å². The number of fused-ring (bicyclic) bond motifs is 4. The molecule has 30 heteroatoms. The number of aryl methyl sites for hydroxylation is 3. The predicted molar refractivity (Wildman–Crippen MR) is 443 cm³/mol. The first kappa shape index (κ1) is 103. The summed E-state index contributed by atoms with van der Waals surface area (Å²) < 4.78 is 106. The van der Waals surface area contributed by atoms with Crippen LogP contribution in [0.1, 0.15) is 84.0 Å². The van der Waals surface area contributed by atoms with Gasteiger partial charge in [-0.1, -0.05) is 96.6 Å². The normalized spacial score (nSPS) is 11.3. The van der Waals surface area contributed by atoms with E-state index in [1.807, 2.05) is 142 Å². The summed E-state index contributed by atoms with van der Waals surface area (Å²) in [5.74, 6) is -5.60. The number of carboxylic acids is 2. The number of carbonyl (C=O) groups is 2. The molecule has 0 saturated carbocycles. The van der Waals surface area contributed by atoms with Crippen LogP contribution < -0.4 is 0 Å². The minimum absolute atomic E-state index is 0. The van der Waals surface area contributed by atoms with E-state index in [1.165, 1.54) is 42.7 Å². The van der Waals surface area contributed by atoms with Crippen LogP contribution in [-0.2, 0) is 86.6 Å². The van der Waals surface area contributed by atoms with Gasteiger partial charge in [-0.15, -0.1) is 113 Å². The molecular formula is C94H78F8Ir4N10O8-4. The van der Waals surface area contributed by atoms with Gasteiger partial charge in [0.05, 0.1) is 79.9 Å². The van der Waals surface area contributed by atoms with E-state index in [0.717, 1.165) is 109 Å². The molecule has 18 nitrogen and oxygen atoms in total. The first-order valence-electron chi connectivity index (χ1n) is 37.0. The van der Waals surface area contributed by atoms with Gasteiger partial charge in [-0.2, -0.15) is 13.2 Å². The number of alkyl halides is 3.